The third-order valence-electron chi connectivity index (χ3n) is 6.36. The molecule has 0 bridgehead atoms. The number of carbonyl (C=O) groups is 1. The number of non-ortho nitro benzene ring substituents is 1. The Morgan fingerprint density at radius 1 is 0.912 bits per heavy atom. The Hall–Kier alpha value is -2.79. The topological polar surface area (TPSA) is 90.9 Å². The van der Waals surface area contributed by atoms with Gasteiger partial charge in [0, 0.05) is 17.7 Å². The molecule has 34 heavy (non-hydrogen) atoms. The van der Waals surface area contributed by atoms with E-state index >= 15 is 0 Å². The lowest BCUT2D eigenvalue weighted by atomic mass is 10.1. The van der Waals surface area contributed by atoms with Crippen molar-refractivity contribution in [2.75, 3.05) is 18.5 Å². The molecule has 182 valence electrons. The summed E-state index contributed by atoms with van der Waals surface area (Å²) in [7, 11) is 0. The van der Waals surface area contributed by atoms with Crippen molar-refractivity contribution in [3.63, 3.8) is 0 Å². The minimum absolute atomic E-state index is 0.0201. The third-order valence-corrected chi connectivity index (χ3v) is 11.2. The van der Waals surface area contributed by atoms with E-state index in [-0.39, 0.29) is 11.5 Å². The van der Waals surface area contributed by atoms with Gasteiger partial charge in [0.25, 0.3) is 5.69 Å². The average molecular weight is 483 g/mol. The maximum absolute atomic E-state index is 14.2. The van der Waals surface area contributed by atoms with Gasteiger partial charge in [0.15, 0.2) is 0 Å². The highest BCUT2D eigenvalue weighted by Gasteiger charge is 2.30. The number of hydrogen-bond acceptors (Lipinski definition) is 5. The first kappa shape index (κ1) is 25.8. The van der Waals surface area contributed by atoms with Crippen LogP contribution in [0.2, 0.25) is 0 Å². The number of nitrogens with zero attached hydrogens (tertiary/aromatic N) is 4. The predicted molar refractivity (Wildman–Crippen MR) is 142 cm³/mol. The van der Waals surface area contributed by atoms with Crippen LogP contribution < -0.4 is 0 Å². The lowest BCUT2D eigenvalue weighted by Crippen LogP contribution is -2.29. The maximum Gasteiger partial charge on any atom is 0.269 e. The fourth-order valence-electron chi connectivity index (χ4n) is 4.44. The Labute approximate surface area is 201 Å². The molecule has 0 aliphatic rings. The van der Waals surface area contributed by atoms with Crippen LogP contribution in [0.1, 0.15) is 69.7 Å². The summed E-state index contributed by atoms with van der Waals surface area (Å²) >= 11 is 0. The molecule has 0 fully saturated rings. The van der Waals surface area contributed by atoms with Gasteiger partial charge in [-0.1, -0.05) is 64.3 Å². The van der Waals surface area contributed by atoms with E-state index in [0.717, 1.165) is 73.5 Å². The summed E-state index contributed by atoms with van der Waals surface area (Å²) in [6, 6.07) is 13.7. The normalized spacial score (nSPS) is 11.6. The molecule has 0 saturated heterocycles. The lowest BCUT2D eigenvalue weighted by molar-refractivity contribution is -0.384. The van der Waals surface area contributed by atoms with Gasteiger partial charge in [-0.05, 0) is 62.0 Å². The maximum atomic E-state index is 14.2. The summed E-state index contributed by atoms with van der Waals surface area (Å²) in [4.78, 5) is 25.0. The number of unbranched alkanes of at least 4 members (excludes halogenated alkanes) is 3. The van der Waals surface area contributed by atoms with E-state index in [0.29, 0.717) is 5.56 Å². The molecular formula is C26H35N4O3P. The van der Waals surface area contributed by atoms with Gasteiger partial charge in [0.2, 0.25) is 5.78 Å². The van der Waals surface area contributed by atoms with Crippen LogP contribution in [0.4, 0.5) is 5.69 Å². The summed E-state index contributed by atoms with van der Waals surface area (Å²) in [5.41, 5.74) is 2.80. The van der Waals surface area contributed by atoms with Gasteiger partial charge in [-0.15, -0.1) is 5.10 Å². The van der Waals surface area contributed by atoms with E-state index in [1.807, 2.05) is 24.3 Å². The second kappa shape index (κ2) is 12.1. The number of carbonyl (C=O) groups excluding carboxylic acids is 1. The zero-order valence-electron chi connectivity index (χ0n) is 20.4. The fourth-order valence-corrected chi connectivity index (χ4v) is 9.62. The van der Waals surface area contributed by atoms with Crippen LogP contribution >= 0.6 is 6.89 Å². The molecule has 7 nitrogen and oxygen atoms in total. The number of fused-ring (bicyclic) bond motifs is 1. The monoisotopic (exact) mass is 482 g/mol. The molecule has 1 aromatic heterocycles. The molecule has 3 rings (SSSR count). The second-order valence-corrected chi connectivity index (χ2v) is 12.9. The molecule has 0 atom stereocenters. The van der Waals surface area contributed by atoms with Gasteiger partial charge in [-0.3, -0.25) is 14.9 Å². The number of hydrogen-bond donors (Lipinski definition) is 0. The van der Waals surface area contributed by atoms with Crippen molar-refractivity contribution in [2.24, 2.45) is 0 Å². The van der Waals surface area contributed by atoms with Crippen LogP contribution in [0, 0.1) is 10.1 Å². The summed E-state index contributed by atoms with van der Waals surface area (Å²) < 4.78 is 1.80. The van der Waals surface area contributed by atoms with E-state index in [2.05, 4.69) is 31.1 Å². The highest BCUT2D eigenvalue weighted by Crippen LogP contribution is 2.52. The van der Waals surface area contributed by atoms with E-state index in [9.17, 15) is 14.9 Å². The largest absolute Gasteiger partial charge is 0.287 e. The molecular weight excluding hydrogens is 447 g/mol. The van der Waals surface area contributed by atoms with E-state index < -0.39 is 11.8 Å². The quantitative estimate of drug-likeness (QED) is 0.118. The highest BCUT2D eigenvalue weighted by atomic mass is 31.2. The summed E-state index contributed by atoms with van der Waals surface area (Å²) in [6.45, 7) is 4.67. The lowest BCUT2D eigenvalue weighted by Gasteiger charge is -2.31. The number of aromatic nitrogens is 3. The zero-order valence-corrected chi connectivity index (χ0v) is 21.3. The number of nitro benzene ring substituents is 1. The molecule has 0 aliphatic heterocycles. The molecule has 3 aromatic rings. The minimum Gasteiger partial charge on any atom is -0.287 e. The molecule has 0 radical (unpaired) electrons. The van der Waals surface area contributed by atoms with Crippen molar-refractivity contribution < 1.29 is 9.72 Å². The molecule has 0 aliphatic carbocycles. The number of Topliss-reactive ketones (excluding diaryl/α,β-unsaturated/α-hetero) is 1. The van der Waals surface area contributed by atoms with Crippen molar-refractivity contribution >= 4 is 34.8 Å². The van der Waals surface area contributed by atoms with Crippen LogP contribution in [0.3, 0.4) is 0 Å². The number of benzene rings is 2. The van der Waals surface area contributed by atoms with Gasteiger partial charge in [0.1, 0.15) is 10.9 Å². The second-order valence-electron chi connectivity index (χ2n) is 8.82. The van der Waals surface area contributed by atoms with Crippen LogP contribution in [0.5, 0.6) is 0 Å². The molecule has 8 heteroatoms. The van der Waals surface area contributed by atoms with Crippen LogP contribution in [0.15, 0.2) is 48.5 Å². The van der Waals surface area contributed by atoms with Crippen molar-refractivity contribution in [3.05, 3.63) is 64.2 Å². The van der Waals surface area contributed by atoms with Gasteiger partial charge in [0.05, 0.1) is 10.4 Å². The molecule has 0 unspecified atom stereocenters. The first-order chi connectivity index (χ1) is 16.5. The number of rotatable bonds is 13. The molecule has 0 saturated carbocycles. The minimum atomic E-state index is -1.91. The Bertz CT molecular complexity index is 1160. The Kier molecular flexibility index (Phi) is 9.17. The number of nitro groups is 1. The van der Waals surface area contributed by atoms with Crippen LogP contribution in [0.25, 0.3) is 11.0 Å². The predicted octanol–water partition coefficient (Wildman–Crippen LogP) is 6.62. The first-order valence-electron chi connectivity index (χ1n) is 12.3. The van der Waals surface area contributed by atoms with Gasteiger partial charge in [-0.25, -0.2) is 4.68 Å². The Balaban J connectivity index is 2.32. The smallest absolute Gasteiger partial charge is 0.269 e. The number of ketones is 1. The summed E-state index contributed by atoms with van der Waals surface area (Å²) in [5.74, 6) is -0.0813. The van der Waals surface area contributed by atoms with E-state index in [1.165, 1.54) is 12.1 Å². The zero-order chi connectivity index (χ0) is 24.6. The average Bonchev–Trinajstić information content (AvgIpc) is 3.28. The van der Waals surface area contributed by atoms with Crippen molar-refractivity contribution in [1.82, 2.24) is 15.0 Å². The standard InChI is InChI=1S/C26H35N4O3P/c1-4-7-18-34(19-8-5-2,20-9-6-3)26(29-24-13-11-10-12-23(24)27-28-29)25(31)21-14-16-22(17-15-21)30(32)33/h10-17H,4-9,18-20H2,1-3H3. The van der Waals surface area contributed by atoms with Crippen molar-refractivity contribution in [1.29, 1.82) is 0 Å². The molecule has 0 N–H and O–H groups in total. The first-order valence-corrected chi connectivity index (χ1v) is 14.7. The van der Waals surface area contributed by atoms with Crippen LogP contribution in [-0.2, 0) is 0 Å². The van der Waals surface area contributed by atoms with Gasteiger partial charge in [-0.2, -0.15) is 0 Å². The summed E-state index contributed by atoms with van der Waals surface area (Å²) in [6.07, 6.45) is 9.40. The molecule has 1 heterocycles. The third kappa shape index (κ3) is 5.64. The van der Waals surface area contributed by atoms with Crippen LogP contribution in [-0.4, -0.2) is 49.6 Å². The molecule has 0 amide bonds. The van der Waals surface area contributed by atoms with Gasteiger partial charge >= 0.3 is 0 Å². The highest BCUT2D eigenvalue weighted by molar-refractivity contribution is 7.77. The van der Waals surface area contributed by atoms with Gasteiger partial charge < -0.3 is 0 Å². The fraction of sp³-hybridized carbons (Fsp3) is 0.462. The molecule has 2 aromatic carbocycles. The van der Waals surface area contributed by atoms with Crippen molar-refractivity contribution in [2.45, 2.75) is 59.3 Å². The Morgan fingerprint density at radius 3 is 2.00 bits per heavy atom. The SMILES string of the molecule is CCCCP(CCCC)(CCCC)=C(C(=O)c1ccc([N+](=O)[O-])cc1)n1nnc2ccccc21. The van der Waals surface area contributed by atoms with E-state index in [4.69, 9.17) is 0 Å². The molecule has 0 spiro atoms. The van der Waals surface area contributed by atoms with E-state index in [1.54, 1.807) is 16.8 Å². The Morgan fingerprint density at radius 2 is 1.47 bits per heavy atom. The van der Waals surface area contributed by atoms with Crippen molar-refractivity contribution in [3.8, 4) is 0 Å². The number of para-hydroxylation sites is 1. The summed E-state index contributed by atoms with van der Waals surface area (Å²) in [5, 5.41) is 20.0.